The van der Waals surface area contributed by atoms with E-state index < -0.39 is 0 Å². The zero-order valence-electron chi connectivity index (χ0n) is 9.56. The first-order valence-corrected chi connectivity index (χ1v) is 5.41. The summed E-state index contributed by atoms with van der Waals surface area (Å²) < 4.78 is 0. The van der Waals surface area contributed by atoms with Gasteiger partial charge in [0.1, 0.15) is 0 Å². The molecule has 0 bridgehead atoms. The third-order valence-electron chi connectivity index (χ3n) is 3.34. The predicted octanol–water partition coefficient (Wildman–Crippen LogP) is 1.72. The average Bonchev–Trinajstić information content (AvgIpc) is 2.48. The smallest absolute Gasteiger partial charge is 0.0122 e. The van der Waals surface area contributed by atoms with Crippen molar-refractivity contribution in [2.45, 2.75) is 38.6 Å². The van der Waals surface area contributed by atoms with Gasteiger partial charge in [-0.2, -0.15) is 0 Å². The molecule has 0 aromatic carbocycles. The lowest BCUT2D eigenvalue weighted by molar-refractivity contribution is 0.330. The van der Waals surface area contributed by atoms with E-state index in [4.69, 9.17) is 0 Å². The number of rotatable bonds is 4. The highest BCUT2D eigenvalue weighted by Crippen LogP contribution is 2.23. The molecule has 1 aliphatic heterocycles. The standard InChI is InChI=1S/C11H24N2/c1-11(2,12-3)7-5-10-6-8-13(4)9-10/h10,12H,5-9H2,1-4H3. The molecule has 13 heavy (non-hydrogen) atoms. The van der Waals surface area contributed by atoms with Crippen LogP contribution < -0.4 is 5.32 Å². The van der Waals surface area contributed by atoms with Gasteiger partial charge in [0.05, 0.1) is 0 Å². The fourth-order valence-corrected chi connectivity index (χ4v) is 1.95. The van der Waals surface area contributed by atoms with Gasteiger partial charge in [-0.25, -0.2) is 0 Å². The molecule has 2 heteroatoms. The largest absolute Gasteiger partial charge is 0.315 e. The third-order valence-corrected chi connectivity index (χ3v) is 3.34. The van der Waals surface area contributed by atoms with Crippen LogP contribution in [0, 0.1) is 5.92 Å². The molecular weight excluding hydrogens is 160 g/mol. The summed E-state index contributed by atoms with van der Waals surface area (Å²) in [6.45, 7) is 7.17. The van der Waals surface area contributed by atoms with Gasteiger partial charge in [-0.05, 0) is 59.7 Å². The maximum absolute atomic E-state index is 3.36. The zero-order valence-corrected chi connectivity index (χ0v) is 9.56. The van der Waals surface area contributed by atoms with Crippen LogP contribution in [0.3, 0.4) is 0 Å². The SMILES string of the molecule is CNC(C)(C)CCC1CCN(C)C1. The Morgan fingerprint density at radius 2 is 2.15 bits per heavy atom. The van der Waals surface area contributed by atoms with Crippen molar-refractivity contribution in [3.8, 4) is 0 Å². The molecule has 1 fully saturated rings. The molecule has 1 atom stereocenters. The molecule has 0 amide bonds. The van der Waals surface area contributed by atoms with E-state index in [1.54, 1.807) is 0 Å². The van der Waals surface area contributed by atoms with E-state index in [2.05, 4.69) is 38.2 Å². The third kappa shape index (κ3) is 3.65. The number of hydrogen-bond donors (Lipinski definition) is 1. The normalized spacial score (nSPS) is 25.4. The fourth-order valence-electron chi connectivity index (χ4n) is 1.95. The molecule has 1 heterocycles. The lowest BCUT2D eigenvalue weighted by Gasteiger charge is -2.25. The Hall–Kier alpha value is -0.0800. The maximum Gasteiger partial charge on any atom is 0.0122 e. The van der Waals surface area contributed by atoms with Gasteiger partial charge in [0.2, 0.25) is 0 Å². The van der Waals surface area contributed by atoms with Crippen molar-refractivity contribution < 1.29 is 0 Å². The molecule has 2 nitrogen and oxygen atoms in total. The van der Waals surface area contributed by atoms with Crippen molar-refractivity contribution >= 4 is 0 Å². The van der Waals surface area contributed by atoms with Crippen molar-refractivity contribution in [3.05, 3.63) is 0 Å². The highest BCUT2D eigenvalue weighted by Gasteiger charge is 2.22. The first-order chi connectivity index (χ1) is 6.03. The van der Waals surface area contributed by atoms with Crippen molar-refractivity contribution in [2.24, 2.45) is 5.92 Å². The van der Waals surface area contributed by atoms with Crippen molar-refractivity contribution in [1.82, 2.24) is 10.2 Å². The van der Waals surface area contributed by atoms with Crippen molar-refractivity contribution in [3.63, 3.8) is 0 Å². The van der Waals surface area contributed by atoms with Crippen LogP contribution in [0.25, 0.3) is 0 Å². The minimum absolute atomic E-state index is 0.321. The summed E-state index contributed by atoms with van der Waals surface area (Å²) in [6.07, 6.45) is 4.07. The summed E-state index contributed by atoms with van der Waals surface area (Å²) in [5.41, 5.74) is 0.321. The van der Waals surface area contributed by atoms with Crippen LogP contribution in [0.15, 0.2) is 0 Å². The Balaban J connectivity index is 2.19. The zero-order chi connectivity index (χ0) is 9.90. The number of nitrogens with one attached hydrogen (secondary N) is 1. The molecule has 1 saturated heterocycles. The second-order valence-corrected chi connectivity index (χ2v) is 5.09. The Labute approximate surface area is 82.7 Å². The number of hydrogen-bond acceptors (Lipinski definition) is 2. The Morgan fingerprint density at radius 3 is 2.62 bits per heavy atom. The average molecular weight is 184 g/mol. The first kappa shape index (κ1) is 11.0. The highest BCUT2D eigenvalue weighted by atomic mass is 15.1. The van der Waals surface area contributed by atoms with Crippen LogP contribution in [0.2, 0.25) is 0 Å². The van der Waals surface area contributed by atoms with E-state index in [9.17, 15) is 0 Å². The number of nitrogens with zero attached hydrogens (tertiary/aromatic N) is 1. The van der Waals surface area contributed by atoms with Gasteiger partial charge >= 0.3 is 0 Å². The molecule has 1 unspecified atom stereocenters. The molecule has 78 valence electrons. The lowest BCUT2D eigenvalue weighted by atomic mass is 9.92. The first-order valence-electron chi connectivity index (χ1n) is 5.41. The Bertz CT molecular complexity index is 154. The molecule has 0 saturated carbocycles. The van der Waals surface area contributed by atoms with Gasteiger partial charge in [0.25, 0.3) is 0 Å². The minimum Gasteiger partial charge on any atom is -0.315 e. The van der Waals surface area contributed by atoms with Gasteiger partial charge in [-0.3, -0.25) is 0 Å². The predicted molar refractivity (Wildman–Crippen MR) is 58.0 cm³/mol. The van der Waals surface area contributed by atoms with E-state index in [0.717, 1.165) is 5.92 Å². The summed E-state index contributed by atoms with van der Waals surface area (Å²) >= 11 is 0. The minimum atomic E-state index is 0.321. The molecule has 1 aliphatic rings. The summed E-state index contributed by atoms with van der Waals surface area (Å²) in [5, 5.41) is 3.36. The maximum atomic E-state index is 3.36. The van der Waals surface area contributed by atoms with Crippen LogP contribution in [-0.4, -0.2) is 37.6 Å². The second kappa shape index (κ2) is 4.43. The van der Waals surface area contributed by atoms with Gasteiger partial charge in [-0.1, -0.05) is 0 Å². The van der Waals surface area contributed by atoms with Crippen LogP contribution >= 0.6 is 0 Å². The van der Waals surface area contributed by atoms with Crippen molar-refractivity contribution in [2.75, 3.05) is 27.2 Å². The van der Waals surface area contributed by atoms with E-state index >= 15 is 0 Å². The summed E-state index contributed by atoms with van der Waals surface area (Å²) in [4.78, 5) is 2.44. The quantitative estimate of drug-likeness (QED) is 0.715. The Kier molecular flexibility index (Phi) is 3.74. The van der Waals surface area contributed by atoms with Gasteiger partial charge in [0.15, 0.2) is 0 Å². The van der Waals surface area contributed by atoms with Gasteiger partial charge in [0, 0.05) is 12.1 Å². The second-order valence-electron chi connectivity index (χ2n) is 5.09. The molecule has 1 N–H and O–H groups in total. The topological polar surface area (TPSA) is 15.3 Å². The Morgan fingerprint density at radius 1 is 1.46 bits per heavy atom. The van der Waals surface area contributed by atoms with Crippen LogP contribution in [0.1, 0.15) is 33.1 Å². The molecule has 1 rings (SSSR count). The van der Waals surface area contributed by atoms with E-state index in [0.29, 0.717) is 5.54 Å². The molecule has 0 spiro atoms. The molecule has 0 aromatic rings. The lowest BCUT2D eigenvalue weighted by Crippen LogP contribution is -2.36. The molecule has 0 aromatic heterocycles. The summed E-state index contributed by atoms with van der Waals surface area (Å²) in [6, 6.07) is 0. The van der Waals surface area contributed by atoms with Crippen molar-refractivity contribution in [1.29, 1.82) is 0 Å². The molecule has 0 aliphatic carbocycles. The van der Waals surface area contributed by atoms with Gasteiger partial charge in [-0.15, -0.1) is 0 Å². The van der Waals surface area contributed by atoms with Crippen LogP contribution in [0.5, 0.6) is 0 Å². The molecule has 0 radical (unpaired) electrons. The van der Waals surface area contributed by atoms with E-state index in [1.165, 1.54) is 32.4 Å². The van der Waals surface area contributed by atoms with E-state index in [1.807, 2.05) is 0 Å². The van der Waals surface area contributed by atoms with Crippen LogP contribution in [0.4, 0.5) is 0 Å². The highest BCUT2D eigenvalue weighted by molar-refractivity contribution is 4.80. The monoisotopic (exact) mass is 184 g/mol. The van der Waals surface area contributed by atoms with Gasteiger partial charge < -0.3 is 10.2 Å². The van der Waals surface area contributed by atoms with E-state index in [-0.39, 0.29) is 0 Å². The summed E-state index contributed by atoms with van der Waals surface area (Å²) in [7, 11) is 4.28. The fraction of sp³-hybridized carbons (Fsp3) is 1.00. The molecular formula is C11H24N2. The number of likely N-dealkylation sites (tertiary alicyclic amines) is 1. The van der Waals surface area contributed by atoms with Crippen LogP contribution in [-0.2, 0) is 0 Å². The summed E-state index contributed by atoms with van der Waals surface area (Å²) in [5.74, 6) is 0.942.